The highest BCUT2D eigenvalue weighted by Gasteiger charge is 2.17. The average Bonchev–Trinajstić information content (AvgIpc) is 2.82. The molecule has 1 aromatic heterocycles. The number of halogens is 1. The van der Waals surface area contributed by atoms with Crippen LogP contribution < -0.4 is 0 Å². The summed E-state index contributed by atoms with van der Waals surface area (Å²) >= 11 is 6.40. The summed E-state index contributed by atoms with van der Waals surface area (Å²) in [5.41, 5.74) is 1.27. The van der Waals surface area contributed by atoms with Crippen LogP contribution in [-0.4, -0.2) is 15.3 Å². The first-order valence-electron chi connectivity index (χ1n) is 5.44. The van der Waals surface area contributed by atoms with Crippen LogP contribution in [0.5, 0.6) is 0 Å². The molecule has 0 aliphatic heterocycles. The molecule has 0 saturated carbocycles. The van der Waals surface area contributed by atoms with Crippen LogP contribution in [0.2, 0.25) is 0 Å². The van der Waals surface area contributed by atoms with Gasteiger partial charge in [0.2, 0.25) is 0 Å². The minimum absolute atomic E-state index is 0.0635. The van der Waals surface area contributed by atoms with E-state index in [0.29, 0.717) is 5.92 Å². The number of nitrogens with one attached hydrogen (secondary N) is 1. The largest absolute Gasteiger partial charge is 0.349 e. The van der Waals surface area contributed by atoms with Crippen LogP contribution in [0.4, 0.5) is 0 Å². The Morgan fingerprint density at radius 2 is 2.06 bits per heavy atom. The molecule has 2 unspecified atom stereocenters. The first kappa shape index (κ1) is 11.2. The molecule has 1 heterocycles. The lowest BCUT2D eigenvalue weighted by Gasteiger charge is -2.17. The van der Waals surface area contributed by atoms with Gasteiger partial charge < -0.3 is 4.98 Å². The second-order valence-electron chi connectivity index (χ2n) is 3.96. The van der Waals surface area contributed by atoms with Gasteiger partial charge in [0, 0.05) is 24.2 Å². The number of rotatable bonds is 4. The van der Waals surface area contributed by atoms with Crippen LogP contribution >= 0.6 is 11.6 Å². The summed E-state index contributed by atoms with van der Waals surface area (Å²) in [5, 5.41) is 0.0635. The van der Waals surface area contributed by atoms with Crippen molar-refractivity contribution in [2.75, 3.05) is 0 Å². The Labute approximate surface area is 101 Å². The number of aromatic nitrogens is 2. The minimum atomic E-state index is 0.0635. The molecule has 2 nitrogen and oxygen atoms in total. The number of hydrogen-bond donors (Lipinski definition) is 1. The van der Waals surface area contributed by atoms with Gasteiger partial charge in [0.1, 0.15) is 5.82 Å². The van der Waals surface area contributed by atoms with Gasteiger partial charge in [-0.1, -0.05) is 37.3 Å². The van der Waals surface area contributed by atoms with Crippen LogP contribution in [0.15, 0.2) is 42.7 Å². The first-order valence-corrected chi connectivity index (χ1v) is 5.88. The van der Waals surface area contributed by atoms with Gasteiger partial charge in [-0.05, 0) is 11.5 Å². The van der Waals surface area contributed by atoms with E-state index < -0.39 is 0 Å². The Bertz CT molecular complexity index is 411. The Hall–Kier alpha value is -1.28. The highest BCUT2D eigenvalue weighted by molar-refractivity contribution is 6.21. The number of alkyl halides is 1. The molecule has 1 aromatic carbocycles. The summed E-state index contributed by atoms with van der Waals surface area (Å²) in [6.07, 6.45) is 4.35. The predicted octanol–water partition coefficient (Wildman–Crippen LogP) is 3.36. The second-order valence-corrected chi connectivity index (χ2v) is 4.52. The molecule has 84 valence electrons. The van der Waals surface area contributed by atoms with Gasteiger partial charge in [-0.3, -0.25) is 0 Å². The van der Waals surface area contributed by atoms with E-state index in [9.17, 15) is 0 Å². The van der Waals surface area contributed by atoms with Crippen molar-refractivity contribution in [2.24, 2.45) is 0 Å². The maximum absolute atomic E-state index is 6.40. The van der Waals surface area contributed by atoms with Crippen molar-refractivity contribution >= 4 is 11.6 Å². The molecule has 3 heteroatoms. The van der Waals surface area contributed by atoms with Crippen LogP contribution in [0.25, 0.3) is 0 Å². The van der Waals surface area contributed by atoms with Gasteiger partial charge >= 0.3 is 0 Å². The molecule has 0 aliphatic carbocycles. The predicted molar refractivity (Wildman–Crippen MR) is 66.8 cm³/mol. The lowest BCUT2D eigenvalue weighted by Crippen LogP contribution is -2.13. The quantitative estimate of drug-likeness (QED) is 0.808. The molecule has 0 bridgehead atoms. The third-order valence-electron chi connectivity index (χ3n) is 2.81. The minimum Gasteiger partial charge on any atom is -0.349 e. The standard InChI is InChI=1S/C13H15ClN2/c1-10(11-5-3-2-4-6-11)12(14)9-13-15-7-8-16-13/h2-8,10,12H,9H2,1H3,(H,15,16). The molecule has 0 saturated heterocycles. The van der Waals surface area contributed by atoms with Gasteiger partial charge in [-0.25, -0.2) is 4.98 Å². The van der Waals surface area contributed by atoms with Gasteiger partial charge in [0.25, 0.3) is 0 Å². The molecule has 0 fully saturated rings. The van der Waals surface area contributed by atoms with Gasteiger partial charge in [-0.2, -0.15) is 0 Å². The summed E-state index contributed by atoms with van der Waals surface area (Å²) < 4.78 is 0. The highest BCUT2D eigenvalue weighted by atomic mass is 35.5. The van der Waals surface area contributed by atoms with E-state index >= 15 is 0 Å². The third kappa shape index (κ3) is 2.64. The van der Waals surface area contributed by atoms with Crippen molar-refractivity contribution in [3.05, 3.63) is 54.1 Å². The van der Waals surface area contributed by atoms with Crippen molar-refractivity contribution in [3.8, 4) is 0 Å². The molecule has 1 N–H and O–H groups in total. The van der Waals surface area contributed by atoms with Crippen LogP contribution in [0, 0.1) is 0 Å². The molecule has 0 spiro atoms. The fourth-order valence-corrected chi connectivity index (χ4v) is 2.03. The lowest BCUT2D eigenvalue weighted by molar-refractivity contribution is 0.673. The Balaban J connectivity index is 2.02. The third-order valence-corrected chi connectivity index (χ3v) is 3.34. The number of aromatic amines is 1. The number of benzene rings is 1. The van der Waals surface area contributed by atoms with Gasteiger partial charge in [-0.15, -0.1) is 11.6 Å². The molecule has 0 amide bonds. The smallest absolute Gasteiger partial charge is 0.107 e. The Morgan fingerprint density at radius 1 is 1.31 bits per heavy atom. The molecule has 2 atom stereocenters. The molecule has 0 aliphatic rings. The molecule has 2 rings (SSSR count). The van der Waals surface area contributed by atoms with Crippen molar-refractivity contribution in [3.63, 3.8) is 0 Å². The van der Waals surface area contributed by atoms with E-state index in [-0.39, 0.29) is 5.38 Å². The molecule has 16 heavy (non-hydrogen) atoms. The van der Waals surface area contributed by atoms with E-state index in [2.05, 4.69) is 29.0 Å². The van der Waals surface area contributed by atoms with Crippen molar-refractivity contribution in [2.45, 2.75) is 24.6 Å². The van der Waals surface area contributed by atoms with E-state index in [0.717, 1.165) is 12.2 Å². The van der Waals surface area contributed by atoms with Crippen molar-refractivity contribution < 1.29 is 0 Å². The fraction of sp³-hybridized carbons (Fsp3) is 0.308. The van der Waals surface area contributed by atoms with Gasteiger partial charge in [0.05, 0.1) is 0 Å². The number of hydrogen-bond acceptors (Lipinski definition) is 1. The molecule has 2 aromatic rings. The molecule has 0 radical (unpaired) electrons. The molecular weight excluding hydrogens is 220 g/mol. The Kier molecular flexibility index (Phi) is 3.62. The zero-order chi connectivity index (χ0) is 11.4. The van der Waals surface area contributed by atoms with Crippen LogP contribution in [0.3, 0.4) is 0 Å². The van der Waals surface area contributed by atoms with Crippen molar-refractivity contribution in [1.82, 2.24) is 9.97 Å². The summed E-state index contributed by atoms with van der Waals surface area (Å²) in [4.78, 5) is 7.27. The average molecular weight is 235 g/mol. The number of nitrogens with zero attached hydrogens (tertiary/aromatic N) is 1. The van der Waals surface area contributed by atoms with E-state index in [1.54, 1.807) is 6.20 Å². The topological polar surface area (TPSA) is 28.7 Å². The van der Waals surface area contributed by atoms with Crippen molar-refractivity contribution in [1.29, 1.82) is 0 Å². The summed E-state index contributed by atoms with van der Waals surface area (Å²) in [5.74, 6) is 1.27. The SMILES string of the molecule is CC(c1ccccc1)C(Cl)Cc1ncc[nH]1. The van der Waals surface area contributed by atoms with Crippen LogP contribution in [-0.2, 0) is 6.42 Å². The number of imidazole rings is 1. The summed E-state index contributed by atoms with van der Waals surface area (Å²) in [7, 11) is 0. The summed E-state index contributed by atoms with van der Waals surface area (Å²) in [6.45, 7) is 2.15. The maximum Gasteiger partial charge on any atom is 0.107 e. The lowest BCUT2D eigenvalue weighted by atomic mass is 9.96. The monoisotopic (exact) mass is 234 g/mol. The van der Waals surface area contributed by atoms with E-state index in [1.807, 2.05) is 24.4 Å². The first-order chi connectivity index (χ1) is 7.77. The van der Waals surface area contributed by atoms with Crippen LogP contribution in [0.1, 0.15) is 24.2 Å². The second kappa shape index (κ2) is 5.17. The van der Waals surface area contributed by atoms with Gasteiger partial charge in [0.15, 0.2) is 0 Å². The summed E-state index contributed by atoms with van der Waals surface area (Å²) in [6, 6.07) is 10.3. The zero-order valence-corrected chi connectivity index (χ0v) is 9.98. The highest BCUT2D eigenvalue weighted by Crippen LogP contribution is 2.24. The molecular formula is C13H15ClN2. The normalized spacial score (nSPS) is 14.6. The zero-order valence-electron chi connectivity index (χ0n) is 9.23. The van der Waals surface area contributed by atoms with E-state index in [1.165, 1.54) is 5.56 Å². The number of H-pyrrole nitrogens is 1. The Morgan fingerprint density at radius 3 is 2.69 bits per heavy atom. The maximum atomic E-state index is 6.40. The fourth-order valence-electron chi connectivity index (χ4n) is 1.74. The van der Waals surface area contributed by atoms with E-state index in [4.69, 9.17) is 11.6 Å².